The van der Waals surface area contributed by atoms with E-state index in [9.17, 15) is 9.59 Å². The third-order valence-corrected chi connectivity index (χ3v) is 2.78. The zero-order valence-corrected chi connectivity index (χ0v) is 10.1. The minimum absolute atomic E-state index is 0.497. The van der Waals surface area contributed by atoms with Crippen molar-refractivity contribution < 1.29 is 9.90 Å². The Morgan fingerprint density at radius 2 is 2.00 bits per heavy atom. The van der Waals surface area contributed by atoms with Gasteiger partial charge in [-0.1, -0.05) is 12.1 Å². The largest absolute Gasteiger partial charge is 0.476 e. The second kappa shape index (κ2) is 4.50. The Labute approximate surface area is 104 Å². The minimum atomic E-state index is -1.34. The highest BCUT2D eigenvalue weighted by atomic mass is 79.9. The second-order valence-corrected chi connectivity index (χ2v) is 4.08. The summed E-state index contributed by atoms with van der Waals surface area (Å²) in [7, 11) is 0. The molecule has 1 heterocycles. The first kappa shape index (κ1) is 11.5. The number of para-hydroxylation sites is 1. The summed E-state index contributed by atoms with van der Waals surface area (Å²) in [5.41, 5.74) is -0.445. The number of aromatic carboxylic acids is 1. The summed E-state index contributed by atoms with van der Waals surface area (Å²) < 4.78 is 2.10. The molecule has 0 unspecified atom stereocenters. The highest BCUT2D eigenvalue weighted by Crippen LogP contribution is 2.18. The monoisotopic (exact) mass is 294 g/mol. The maximum absolute atomic E-state index is 11.3. The van der Waals surface area contributed by atoms with Gasteiger partial charge in [-0.3, -0.25) is 4.79 Å². The van der Waals surface area contributed by atoms with Crippen molar-refractivity contribution in [3.63, 3.8) is 0 Å². The molecular weight excluding hydrogens is 288 g/mol. The molecule has 0 aliphatic carbocycles. The van der Waals surface area contributed by atoms with Gasteiger partial charge in [-0.2, -0.15) is 5.10 Å². The van der Waals surface area contributed by atoms with Gasteiger partial charge in [0.25, 0.3) is 0 Å². The van der Waals surface area contributed by atoms with Gasteiger partial charge in [-0.15, -0.1) is 0 Å². The average molecular weight is 295 g/mol. The number of aromatic nitrogens is 2. The smallest absolute Gasteiger partial charge is 0.360 e. The number of benzene rings is 1. The van der Waals surface area contributed by atoms with Crippen LogP contribution in [0.25, 0.3) is 5.69 Å². The van der Waals surface area contributed by atoms with E-state index < -0.39 is 17.1 Å². The van der Waals surface area contributed by atoms with Crippen LogP contribution in [0.1, 0.15) is 10.5 Å². The van der Waals surface area contributed by atoms with Crippen LogP contribution in [0.3, 0.4) is 0 Å². The first-order valence-corrected chi connectivity index (χ1v) is 5.47. The Morgan fingerprint density at radius 1 is 1.29 bits per heavy atom. The lowest BCUT2D eigenvalue weighted by atomic mass is 10.3. The average Bonchev–Trinajstić information content (AvgIpc) is 2.30. The summed E-state index contributed by atoms with van der Waals surface area (Å²) in [6.07, 6.45) is 1.43. The topological polar surface area (TPSA) is 72.2 Å². The molecule has 1 N–H and O–H groups in total. The molecule has 0 aliphatic rings. The van der Waals surface area contributed by atoms with Crippen molar-refractivity contribution in [2.24, 2.45) is 0 Å². The highest BCUT2D eigenvalue weighted by Gasteiger charge is 2.11. The van der Waals surface area contributed by atoms with Gasteiger partial charge in [-0.25, -0.2) is 9.48 Å². The second-order valence-electron chi connectivity index (χ2n) is 3.23. The number of carbonyl (C=O) groups is 1. The number of rotatable bonds is 2. The fraction of sp³-hybridized carbons (Fsp3) is 0. The van der Waals surface area contributed by atoms with E-state index in [1.165, 1.54) is 16.9 Å². The predicted molar refractivity (Wildman–Crippen MR) is 64.5 cm³/mol. The summed E-state index contributed by atoms with van der Waals surface area (Å²) in [5.74, 6) is -1.34. The van der Waals surface area contributed by atoms with Crippen molar-refractivity contribution in [2.75, 3.05) is 0 Å². The van der Waals surface area contributed by atoms with Crippen LogP contribution in [-0.2, 0) is 0 Å². The summed E-state index contributed by atoms with van der Waals surface area (Å²) in [6.45, 7) is 0. The highest BCUT2D eigenvalue weighted by molar-refractivity contribution is 9.10. The Hall–Kier alpha value is -1.95. The van der Waals surface area contributed by atoms with Gasteiger partial charge in [0.05, 0.1) is 5.69 Å². The van der Waals surface area contributed by atoms with Crippen LogP contribution < -0.4 is 5.43 Å². The lowest BCUT2D eigenvalue weighted by Crippen LogP contribution is -2.20. The van der Waals surface area contributed by atoms with Crippen molar-refractivity contribution in [3.05, 3.63) is 56.9 Å². The Bertz CT molecular complexity index is 637. The number of carboxylic acids is 1. The molecule has 0 fully saturated rings. The van der Waals surface area contributed by atoms with Gasteiger partial charge in [0.15, 0.2) is 0 Å². The van der Waals surface area contributed by atoms with E-state index in [1.807, 2.05) is 6.07 Å². The zero-order valence-electron chi connectivity index (χ0n) is 8.50. The van der Waals surface area contributed by atoms with E-state index in [2.05, 4.69) is 21.0 Å². The van der Waals surface area contributed by atoms with Crippen molar-refractivity contribution in [3.8, 4) is 5.69 Å². The predicted octanol–water partition coefficient (Wildman–Crippen LogP) is 1.69. The lowest BCUT2D eigenvalue weighted by molar-refractivity contribution is 0.0687. The van der Waals surface area contributed by atoms with Crippen molar-refractivity contribution in [2.45, 2.75) is 0 Å². The normalized spacial score (nSPS) is 10.2. The fourth-order valence-corrected chi connectivity index (χ4v) is 1.79. The maximum Gasteiger partial charge on any atom is 0.360 e. The van der Waals surface area contributed by atoms with Crippen LogP contribution in [0.15, 0.2) is 45.8 Å². The van der Waals surface area contributed by atoms with Gasteiger partial charge in [0.1, 0.15) is 0 Å². The van der Waals surface area contributed by atoms with E-state index in [4.69, 9.17) is 5.11 Å². The van der Waals surface area contributed by atoms with Gasteiger partial charge in [0, 0.05) is 16.7 Å². The lowest BCUT2D eigenvalue weighted by Gasteiger charge is -2.07. The van der Waals surface area contributed by atoms with E-state index in [0.29, 0.717) is 5.69 Å². The third kappa shape index (κ3) is 2.26. The molecule has 0 saturated carbocycles. The van der Waals surface area contributed by atoms with Gasteiger partial charge in [0.2, 0.25) is 11.1 Å². The molecule has 17 heavy (non-hydrogen) atoms. The first-order valence-electron chi connectivity index (χ1n) is 4.68. The zero-order chi connectivity index (χ0) is 12.4. The number of hydrogen-bond donors (Lipinski definition) is 1. The molecule has 5 nitrogen and oxygen atoms in total. The molecule has 1 aromatic heterocycles. The SMILES string of the molecule is O=C(O)c1nn(-c2ccccc2Br)ccc1=O. The van der Waals surface area contributed by atoms with Gasteiger partial charge in [-0.05, 0) is 28.1 Å². The Morgan fingerprint density at radius 3 is 2.65 bits per heavy atom. The van der Waals surface area contributed by atoms with Crippen LogP contribution >= 0.6 is 15.9 Å². The van der Waals surface area contributed by atoms with E-state index in [1.54, 1.807) is 18.2 Å². The summed E-state index contributed by atoms with van der Waals surface area (Å²) in [5, 5.41) is 12.6. The molecule has 6 heteroatoms. The van der Waals surface area contributed by atoms with Crippen molar-refractivity contribution in [1.29, 1.82) is 0 Å². The molecule has 0 bridgehead atoms. The molecule has 0 saturated heterocycles. The quantitative estimate of drug-likeness (QED) is 0.915. The number of carboxylic acid groups (broad SMARTS) is 1. The summed E-state index contributed by atoms with van der Waals surface area (Å²) in [4.78, 5) is 22.1. The number of nitrogens with zero attached hydrogens (tertiary/aromatic N) is 2. The molecule has 2 rings (SSSR count). The minimum Gasteiger partial charge on any atom is -0.476 e. The number of hydrogen-bond acceptors (Lipinski definition) is 3. The fourth-order valence-electron chi connectivity index (χ4n) is 1.33. The molecule has 0 amide bonds. The summed E-state index contributed by atoms with van der Waals surface area (Å²) in [6, 6.07) is 8.35. The molecule has 0 aliphatic heterocycles. The van der Waals surface area contributed by atoms with Gasteiger partial charge < -0.3 is 5.11 Å². The number of halogens is 1. The third-order valence-electron chi connectivity index (χ3n) is 2.11. The molecule has 86 valence electrons. The van der Waals surface area contributed by atoms with E-state index >= 15 is 0 Å². The molecule has 0 spiro atoms. The van der Waals surface area contributed by atoms with Gasteiger partial charge >= 0.3 is 5.97 Å². The van der Waals surface area contributed by atoms with Crippen LogP contribution in [-0.4, -0.2) is 20.9 Å². The Kier molecular flexibility index (Phi) is 3.06. The van der Waals surface area contributed by atoms with E-state index in [-0.39, 0.29) is 0 Å². The van der Waals surface area contributed by atoms with Crippen LogP contribution in [0.4, 0.5) is 0 Å². The molecule has 0 radical (unpaired) electrons. The van der Waals surface area contributed by atoms with Crippen LogP contribution in [0.5, 0.6) is 0 Å². The molecule has 1 aromatic carbocycles. The molecule has 0 atom stereocenters. The van der Waals surface area contributed by atoms with Crippen LogP contribution in [0, 0.1) is 0 Å². The van der Waals surface area contributed by atoms with E-state index in [0.717, 1.165) is 4.47 Å². The van der Waals surface area contributed by atoms with Crippen molar-refractivity contribution >= 4 is 21.9 Å². The Balaban J connectivity index is 2.62. The van der Waals surface area contributed by atoms with Crippen LogP contribution in [0.2, 0.25) is 0 Å². The molecular formula is C11H7BrN2O3. The first-order chi connectivity index (χ1) is 8.09. The summed E-state index contributed by atoms with van der Waals surface area (Å²) >= 11 is 3.33. The standard InChI is InChI=1S/C11H7BrN2O3/c12-7-3-1-2-4-8(7)14-6-5-9(15)10(13-14)11(16)17/h1-6H,(H,16,17). The molecule has 2 aromatic rings. The maximum atomic E-state index is 11.3. The van der Waals surface area contributed by atoms with Crippen molar-refractivity contribution in [1.82, 2.24) is 9.78 Å².